The molecule has 2 rings (SSSR count). The summed E-state index contributed by atoms with van der Waals surface area (Å²) in [5.41, 5.74) is 2.64. The van der Waals surface area contributed by atoms with E-state index in [0.29, 0.717) is 12.5 Å². The largest absolute Gasteiger partial charge is 0.396 e. The van der Waals surface area contributed by atoms with Crippen molar-refractivity contribution in [1.82, 2.24) is 0 Å². The van der Waals surface area contributed by atoms with Crippen LogP contribution in [0.25, 0.3) is 0 Å². The quantitative estimate of drug-likeness (QED) is 0.836. The Morgan fingerprint density at radius 1 is 1.11 bits per heavy atom. The molecule has 1 saturated heterocycles. The monoisotopic (exact) mass is 249 g/mol. The van der Waals surface area contributed by atoms with Gasteiger partial charge < -0.3 is 15.1 Å². The van der Waals surface area contributed by atoms with Crippen LogP contribution < -0.4 is 4.90 Å². The molecule has 0 atom stereocenters. The van der Waals surface area contributed by atoms with Crippen LogP contribution in [0.4, 0.5) is 5.69 Å². The van der Waals surface area contributed by atoms with E-state index < -0.39 is 0 Å². The summed E-state index contributed by atoms with van der Waals surface area (Å²) in [6, 6.07) is 8.47. The van der Waals surface area contributed by atoms with Gasteiger partial charge in [-0.1, -0.05) is 18.2 Å². The number of hydrogen-bond donors (Lipinski definition) is 2. The fourth-order valence-electron chi connectivity index (χ4n) is 2.66. The molecule has 0 amide bonds. The van der Waals surface area contributed by atoms with Crippen molar-refractivity contribution in [2.45, 2.75) is 25.7 Å². The van der Waals surface area contributed by atoms with Crippen LogP contribution in [0.1, 0.15) is 24.8 Å². The Balaban J connectivity index is 2.03. The molecule has 0 saturated carbocycles. The van der Waals surface area contributed by atoms with Crippen LogP contribution >= 0.6 is 0 Å². The topological polar surface area (TPSA) is 43.7 Å². The summed E-state index contributed by atoms with van der Waals surface area (Å²) < 4.78 is 0. The second kappa shape index (κ2) is 6.76. The van der Waals surface area contributed by atoms with Gasteiger partial charge in [-0.2, -0.15) is 0 Å². The highest BCUT2D eigenvalue weighted by atomic mass is 16.3. The average molecular weight is 249 g/mol. The van der Waals surface area contributed by atoms with Gasteiger partial charge in [0.25, 0.3) is 0 Å². The van der Waals surface area contributed by atoms with E-state index in [9.17, 15) is 5.11 Å². The molecular formula is C15H23NO2. The number of hydrogen-bond acceptors (Lipinski definition) is 3. The predicted octanol–water partition coefficient (Wildman–Crippen LogP) is 1.82. The first-order valence-corrected chi connectivity index (χ1v) is 6.89. The van der Waals surface area contributed by atoms with Gasteiger partial charge in [-0.05, 0) is 43.2 Å². The molecule has 1 aliphatic heterocycles. The molecule has 0 aromatic heterocycles. The minimum atomic E-state index is 0.251. The van der Waals surface area contributed by atoms with Crippen molar-refractivity contribution in [2.24, 2.45) is 5.92 Å². The van der Waals surface area contributed by atoms with Crippen LogP contribution in [0.2, 0.25) is 0 Å². The number of nitrogens with zero attached hydrogens (tertiary/aromatic N) is 1. The Bertz CT molecular complexity index is 359. The summed E-state index contributed by atoms with van der Waals surface area (Å²) in [6.45, 7) is 2.63. The molecule has 0 unspecified atom stereocenters. The number of benzene rings is 1. The Morgan fingerprint density at radius 3 is 2.50 bits per heavy atom. The van der Waals surface area contributed by atoms with Crippen LogP contribution in [0.3, 0.4) is 0 Å². The standard InChI is InChI=1S/C15H23NO2/c17-11-3-5-14-4-1-2-6-15(14)16-9-7-13(12-18)8-10-16/h1-2,4,6,13,17-18H,3,5,7-12H2. The third kappa shape index (κ3) is 3.24. The van der Waals surface area contributed by atoms with E-state index in [-0.39, 0.29) is 6.61 Å². The Morgan fingerprint density at radius 2 is 1.83 bits per heavy atom. The molecule has 2 N–H and O–H groups in total. The minimum absolute atomic E-state index is 0.251. The second-order valence-electron chi connectivity index (χ2n) is 5.07. The molecule has 3 heteroatoms. The van der Waals surface area contributed by atoms with E-state index >= 15 is 0 Å². The Hall–Kier alpha value is -1.06. The number of aliphatic hydroxyl groups is 2. The molecule has 1 fully saturated rings. The summed E-state index contributed by atoms with van der Waals surface area (Å²) >= 11 is 0. The zero-order chi connectivity index (χ0) is 12.8. The molecule has 1 aromatic rings. The van der Waals surface area contributed by atoms with Crippen LogP contribution in [0.5, 0.6) is 0 Å². The summed E-state index contributed by atoms with van der Waals surface area (Å²) in [4.78, 5) is 2.42. The zero-order valence-corrected chi connectivity index (χ0v) is 10.9. The van der Waals surface area contributed by atoms with Gasteiger partial charge in [-0.3, -0.25) is 0 Å². The van der Waals surface area contributed by atoms with Crippen LogP contribution in [0.15, 0.2) is 24.3 Å². The molecular weight excluding hydrogens is 226 g/mol. The first kappa shape index (κ1) is 13.4. The normalized spacial score (nSPS) is 17.1. The van der Waals surface area contributed by atoms with E-state index in [1.165, 1.54) is 11.3 Å². The third-order valence-electron chi connectivity index (χ3n) is 3.81. The van der Waals surface area contributed by atoms with Crippen molar-refractivity contribution in [3.8, 4) is 0 Å². The van der Waals surface area contributed by atoms with E-state index in [2.05, 4.69) is 29.2 Å². The van der Waals surface area contributed by atoms with Gasteiger partial charge in [0, 0.05) is 32.0 Å². The minimum Gasteiger partial charge on any atom is -0.396 e. The zero-order valence-electron chi connectivity index (χ0n) is 10.9. The van der Waals surface area contributed by atoms with Crippen molar-refractivity contribution in [3.05, 3.63) is 29.8 Å². The number of para-hydroxylation sites is 1. The summed E-state index contributed by atoms with van der Waals surface area (Å²) in [6.07, 6.45) is 3.91. The highest BCUT2D eigenvalue weighted by Gasteiger charge is 2.19. The van der Waals surface area contributed by atoms with Gasteiger partial charge in [-0.25, -0.2) is 0 Å². The van der Waals surface area contributed by atoms with Crippen molar-refractivity contribution < 1.29 is 10.2 Å². The molecule has 100 valence electrons. The SMILES string of the molecule is OCCCc1ccccc1N1CCC(CO)CC1. The Labute approximate surface area is 109 Å². The fourth-order valence-corrected chi connectivity index (χ4v) is 2.66. The van der Waals surface area contributed by atoms with Crippen LogP contribution in [-0.2, 0) is 6.42 Å². The van der Waals surface area contributed by atoms with Crippen molar-refractivity contribution in [3.63, 3.8) is 0 Å². The van der Waals surface area contributed by atoms with E-state index in [0.717, 1.165) is 38.8 Å². The summed E-state index contributed by atoms with van der Waals surface area (Å²) in [5, 5.41) is 18.1. The van der Waals surface area contributed by atoms with Crippen molar-refractivity contribution in [1.29, 1.82) is 0 Å². The van der Waals surface area contributed by atoms with Crippen molar-refractivity contribution >= 4 is 5.69 Å². The van der Waals surface area contributed by atoms with Crippen molar-refractivity contribution in [2.75, 3.05) is 31.2 Å². The molecule has 0 radical (unpaired) electrons. The lowest BCUT2D eigenvalue weighted by atomic mass is 9.96. The van der Waals surface area contributed by atoms with Gasteiger partial charge in [0.15, 0.2) is 0 Å². The fraction of sp³-hybridized carbons (Fsp3) is 0.600. The van der Waals surface area contributed by atoms with Crippen LogP contribution in [0, 0.1) is 5.92 Å². The smallest absolute Gasteiger partial charge is 0.0460 e. The molecule has 1 heterocycles. The van der Waals surface area contributed by atoms with E-state index in [1.807, 2.05) is 0 Å². The highest BCUT2D eigenvalue weighted by molar-refractivity contribution is 5.54. The number of rotatable bonds is 5. The lowest BCUT2D eigenvalue weighted by molar-refractivity contribution is 0.203. The summed E-state index contributed by atoms with van der Waals surface area (Å²) in [7, 11) is 0. The summed E-state index contributed by atoms with van der Waals surface area (Å²) in [5.74, 6) is 0.478. The van der Waals surface area contributed by atoms with Crippen LogP contribution in [-0.4, -0.2) is 36.5 Å². The lowest BCUT2D eigenvalue weighted by Crippen LogP contribution is -2.35. The maximum absolute atomic E-state index is 9.17. The number of aryl methyl sites for hydroxylation is 1. The Kier molecular flexibility index (Phi) is 5.02. The molecule has 3 nitrogen and oxygen atoms in total. The number of piperidine rings is 1. The average Bonchev–Trinajstić information content (AvgIpc) is 2.45. The van der Waals surface area contributed by atoms with Gasteiger partial charge in [0.2, 0.25) is 0 Å². The molecule has 0 bridgehead atoms. The maximum atomic E-state index is 9.17. The second-order valence-corrected chi connectivity index (χ2v) is 5.07. The predicted molar refractivity (Wildman–Crippen MR) is 73.9 cm³/mol. The first-order chi connectivity index (χ1) is 8.85. The lowest BCUT2D eigenvalue weighted by Gasteiger charge is -2.34. The molecule has 0 aliphatic carbocycles. The molecule has 1 aliphatic rings. The highest BCUT2D eigenvalue weighted by Crippen LogP contribution is 2.26. The third-order valence-corrected chi connectivity index (χ3v) is 3.81. The first-order valence-electron chi connectivity index (χ1n) is 6.89. The van der Waals surface area contributed by atoms with Gasteiger partial charge in [0.05, 0.1) is 0 Å². The molecule has 1 aromatic carbocycles. The molecule has 0 spiro atoms. The van der Waals surface area contributed by atoms with E-state index in [1.54, 1.807) is 0 Å². The number of aliphatic hydroxyl groups excluding tert-OH is 2. The van der Waals surface area contributed by atoms with Gasteiger partial charge in [-0.15, -0.1) is 0 Å². The number of anilines is 1. The van der Waals surface area contributed by atoms with Gasteiger partial charge in [0.1, 0.15) is 0 Å². The van der Waals surface area contributed by atoms with Gasteiger partial charge >= 0.3 is 0 Å². The maximum Gasteiger partial charge on any atom is 0.0460 e. The molecule has 18 heavy (non-hydrogen) atoms. The van der Waals surface area contributed by atoms with E-state index in [4.69, 9.17) is 5.11 Å².